The van der Waals surface area contributed by atoms with Gasteiger partial charge in [-0.1, -0.05) is 11.6 Å². The van der Waals surface area contributed by atoms with Gasteiger partial charge in [-0.25, -0.2) is 0 Å². The molecule has 2 fully saturated rings. The molecular formula is C17H22ClN3. The van der Waals surface area contributed by atoms with Gasteiger partial charge in [0.25, 0.3) is 0 Å². The van der Waals surface area contributed by atoms with Gasteiger partial charge >= 0.3 is 0 Å². The minimum Gasteiger partial charge on any atom is -0.370 e. The zero-order valence-corrected chi connectivity index (χ0v) is 13.3. The molecule has 3 nitrogen and oxygen atoms in total. The first-order valence-electron chi connectivity index (χ1n) is 7.89. The molecule has 1 aromatic rings. The topological polar surface area (TPSA) is 30.3 Å². The van der Waals surface area contributed by atoms with Crippen LogP contribution in [0.25, 0.3) is 0 Å². The third-order valence-electron chi connectivity index (χ3n) is 4.96. The summed E-state index contributed by atoms with van der Waals surface area (Å²) in [6.07, 6.45) is 5.07. The van der Waals surface area contributed by atoms with E-state index in [0.29, 0.717) is 10.6 Å². The van der Waals surface area contributed by atoms with Gasteiger partial charge in [-0.2, -0.15) is 5.26 Å². The molecule has 3 rings (SSSR count). The van der Waals surface area contributed by atoms with Gasteiger partial charge < -0.3 is 4.90 Å². The molecule has 0 saturated carbocycles. The monoisotopic (exact) mass is 303 g/mol. The molecule has 0 aromatic heterocycles. The van der Waals surface area contributed by atoms with E-state index in [0.717, 1.165) is 30.9 Å². The van der Waals surface area contributed by atoms with Crippen LogP contribution in [0.1, 0.15) is 38.2 Å². The van der Waals surface area contributed by atoms with Gasteiger partial charge in [-0.05, 0) is 57.4 Å². The molecule has 4 heteroatoms. The van der Waals surface area contributed by atoms with E-state index in [9.17, 15) is 5.26 Å². The lowest BCUT2D eigenvalue weighted by Crippen LogP contribution is -2.46. The molecule has 112 valence electrons. The smallest absolute Gasteiger partial charge is 0.101 e. The van der Waals surface area contributed by atoms with Crippen LogP contribution < -0.4 is 4.90 Å². The highest BCUT2D eigenvalue weighted by atomic mass is 35.5. The highest BCUT2D eigenvalue weighted by Gasteiger charge is 2.30. The summed E-state index contributed by atoms with van der Waals surface area (Å²) in [5.74, 6) is 0. The van der Waals surface area contributed by atoms with Crippen molar-refractivity contribution in [1.29, 1.82) is 5.26 Å². The molecule has 2 saturated heterocycles. The Hall–Kier alpha value is -1.24. The maximum atomic E-state index is 9.29. The number of hydrogen-bond donors (Lipinski definition) is 0. The SMILES string of the molecule is CC1CCCN1C1CCN(c2ccc(Cl)cc2C#N)CC1. The fourth-order valence-corrected chi connectivity index (χ4v) is 3.98. The molecule has 2 heterocycles. The first-order chi connectivity index (χ1) is 10.2. The number of piperidine rings is 1. The molecule has 1 atom stereocenters. The van der Waals surface area contributed by atoms with Gasteiger partial charge in [0.15, 0.2) is 0 Å². The van der Waals surface area contributed by atoms with Crippen molar-refractivity contribution in [2.45, 2.75) is 44.7 Å². The first-order valence-corrected chi connectivity index (χ1v) is 8.27. The van der Waals surface area contributed by atoms with Gasteiger partial charge in [0, 0.05) is 30.2 Å². The van der Waals surface area contributed by atoms with E-state index in [-0.39, 0.29) is 0 Å². The van der Waals surface area contributed by atoms with E-state index in [1.807, 2.05) is 12.1 Å². The largest absolute Gasteiger partial charge is 0.370 e. The van der Waals surface area contributed by atoms with Crippen molar-refractivity contribution in [1.82, 2.24) is 4.90 Å². The third-order valence-corrected chi connectivity index (χ3v) is 5.19. The lowest BCUT2D eigenvalue weighted by molar-refractivity contribution is 0.163. The number of anilines is 1. The summed E-state index contributed by atoms with van der Waals surface area (Å²) in [4.78, 5) is 5.02. The van der Waals surface area contributed by atoms with Gasteiger partial charge in [-0.3, -0.25) is 4.90 Å². The fourth-order valence-electron chi connectivity index (χ4n) is 3.81. The minimum absolute atomic E-state index is 0.635. The lowest BCUT2D eigenvalue weighted by Gasteiger charge is -2.39. The molecule has 0 amide bonds. The Morgan fingerprint density at radius 1 is 1.19 bits per heavy atom. The van der Waals surface area contributed by atoms with Gasteiger partial charge in [0.05, 0.1) is 11.3 Å². The van der Waals surface area contributed by atoms with Crippen molar-refractivity contribution in [2.75, 3.05) is 24.5 Å². The van der Waals surface area contributed by atoms with Crippen LogP contribution in [0.3, 0.4) is 0 Å². The van der Waals surface area contributed by atoms with Crippen LogP contribution >= 0.6 is 11.6 Å². The standard InChI is InChI=1S/C17H22ClN3/c1-13-3-2-8-21(13)16-6-9-20(10-7-16)17-5-4-15(18)11-14(17)12-19/h4-5,11,13,16H,2-3,6-10H2,1H3. The number of nitrogens with zero attached hydrogens (tertiary/aromatic N) is 3. The Kier molecular flexibility index (Phi) is 4.37. The van der Waals surface area contributed by atoms with Gasteiger partial charge in [0.2, 0.25) is 0 Å². The Morgan fingerprint density at radius 2 is 1.95 bits per heavy atom. The van der Waals surface area contributed by atoms with Crippen LogP contribution in [0.4, 0.5) is 5.69 Å². The highest BCUT2D eigenvalue weighted by Crippen LogP contribution is 2.30. The van der Waals surface area contributed by atoms with Crippen LogP contribution in [-0.4, -0.2) is 36.6 Å². The molecule has 1 unspecified atom stereocenters. The molecule has 0 N–H and O–H groups in total. The second kappa shape index (κ2) is 6.25. The van der Waals surface area contributed by atoms with Crippen molar-refractivity contribution >= 4 is 17.3 Å². The quantitative estimate of drug-likeness (QED) is 0.835. The first kappa shape index (κ1) is 14.7. The van der Waals surface area contributed by atoms with Crippen LogP contribution in [0, 0.1) is 11.3 Å². The predicted octanol–water partition coefficient (Wildman–Crippen LogP) is 3.66. The maximum absolute atomic E-state index is 9.29. The summed E-state index contributed by atoms with van der Waals surface area (Å²) in [5, 5.41) is 9.92. The Bertz CT molecular complexity index is 543. The second-order valence-electron chi connectivity index (χ2n) is 6.22. The van der Waals surface area contributed by atoms with Crippen LogP contribution in [-0.2, 0) is 0 Å². The Balaban J connectivity index is 1.67. The molecule has 0 radical (unpaired) electrons. The van der Waals surface area contributed by atoms with E-state index < -0.39 is 0 Å². The number of rotatable bonds is 2. The molecule has 0 spiro atoms. The Labute approximate surface area is 132 Å². The molecule has 21 heavy (non-hydrogen) atoms. The summed E-state index contributed by atoms with van der Waals surface area (Å²) in [5.41, 5.74) is 1.73. The van der Waals surface area contributed by atoms with E-state index in [4.69, 9.17) is 11.6 Å². The average Bonchev–Trinajstić information content (AvgIpc) is 2.93. The van der Waals surface area contributed by atoms with E-state index in [1.165, 1.54) is 32.2 Å². The average molecular weight is 304 g/mol. The van der Waals surface area contributed by atoms with Crippen molar-refractivity contribution < 1.29 is 0 Å². The summed E-state index contributed by atoms with van der Waals surface area (Å²) < 4.78 is 0. The highest BCUT2D eigenvalue weighted by molar-refractivity contribution is 6.30. The summed E-state index contributed by atoms with van der Waals surface area (Å²) in [7, 11) is 0. The molecule has 0 aliphatic carbocycles. The number of nitriles is 1. The van der Waals surface area contributed by atoms with Crippen LogP contribution in [0.2, 0.25) is 5.02 Å². The van der Waals surface area contributed by atoms with Crippen LogP contribution in [0.5, 0.6) is 0 Å². The van der Waals surface area contributed by atoms with Gasteiger partial charge in [0.1, 0.15) is 6.07 Å². The number of hydrogen-bond acceptors (Lipinski definition) is 3. The molecule has 1 aromatic carbocycles. The molecular weight excluding hydrogens is 282 g/mol. The van der Waals surface area contributed by atoms with Crippen molar-refractivity contribution in [3.8, 4) is 6.07 Å². The zero-order valence-electron chi connectivity index (χ0n) is 12.6. The second-order valence-corrected chi connectivity index (χ2v) is 6.66. The minimum atomic E-state index is 0.635. The third kappa shape index (κ3) is 3.02. The zero-order chi connectivity index (χ0) is 14.8. The maximum Gasteiger partial charge on any atom is 0.101 e. The van der Waals surface area contributed by atoms with E-state index in [1.54, 1.807) is 6.07 Å². The predicted molar refractivity (Wildman–Crippen MR) is 86.8 cm³/mol. The van der Waals surface area contributed by atoms with E-state index >= 15 is 0 Å². The molecule has 2 aliphatic rings. The van der Waals surface area contributed by atoms with Crippen LogP contribution in [0.15, 0.2) is 18.2 Å². The lowest BCUT2D eigenvalue weighted by atomic mass is 10.0. The Morgan fingerprint density at radius 3 is 2.57 bits per heavy atom. The van der Waals surface area contributed by atoms with E-state index in [2.05, 4.69) is 22.8 Å². The van der Waals surface area contributed by atoms with Crippen molar-refractivity contribution in [3.05, 3.63) is 28.8 Å². The molecule has 2 aliphatic heterocycles. The number of benzene rings is 1. The van der Waals surface area contributed by atoms with Crippen molar-refractivity contribution in [2.24, 2.45) is 0 Å². The molecule has 0 bridgehead atoms. The summed E-state index contributed by atoms with van der Waals surface area (Å²) in [6.45, 7) is 5.68. The summed E-state index contributed by atoms with van der Waals surface area (Å²) >= 11 is 5.98. The normalized spacial score (nSPS) is 24.2. The fraction of sp³-hybridized carbons (Fsp3) is 0.588. The number of halogens is 1. The van der Waals surface area contributed by atoms with Gasteiger partial charge in [-0.15, -0.1) is 0 Å². The summed E-state index contributed by atoms with van der Waals surface area (Å²) in [6, 6.07) is 9.37. The van der Waals surface area contributed by atoms with Crippen molar-refractivity contribution in [3.63, 3.8) is 0 Å². The number of likely N-dealkylation sites (tertiary alicyclic amines) is 1.